The predicted octanol–water partition coefficient (Wildman–Crippen LogP) is 0.978. The first-order valence-corrected chi connectivity index (χ1v) is 6.66. The first kappa shape index (κ1) is 14.0. The van der Waals surface area contributed by atoms with Gasteiger partial charge in [-0.05, 0) is 12.3 Å². The van der Waals surface area contributed by atoms with Crippen molar-refractivity contribution >= 4 is 29.5 Å². The van der Waals surface area contributed by atoms with Crippen LogP contribution in [0.15, 0.2) is 0 Å². The van der Waals surface area contributed by atoms with Gasteiger partial charge in [-0.15, -0.1) is 11.8 Å². The molecule has 1 unspecified atom stereocenters. The number of carbonyl (C=O) groups excluding carboxylic acids is 2. The van der Waals surface area contributed by atoms with Crippen LogP contribution in [-0.4, -0.2) is 45.3 Å². The zero-order chi connectivity index (χ0) is 13.0. The lowest BCUT2D eigenvalue weighted by Gasteiger charge is -2.17. The van der Waals surface area contributed by atoms with Crippen molar-refractivity contribution in [3.63, 3.8) is 0 Å². The predicted molar refractivity (Wildman–Crippen MR) is 64.7 cm³/mol. The van der Waals surface area contributed by atoms with Crippen molar-refractivity contribution < 1.29 is 19.5 Å². The summed E-state index contributed by atoms with van der Waals surface area (Å²) in [5.41, 5.74) is 0. The van der Waals surface area contributed by atoms with E-state index in [2.05, 4.69) is 0 Å². The molecule has 1 aliphatic heterocycles. The normalized spacial score (nSPS) is 17.6. The summed E-state index contributed by atoms with van der Waals surface area (Å²) >= 11 is 1.09. The minimum Gasteiger partial charge on any atom is -0.480 e. The van der Waals surface area contributed by atoms with Gasteiger partial charge in [-0.1, -0.05) is 13.8 Å². The fourth-order valence-corrected chi connectivity index (χ4v) is 2.71. The molecule has 1 N–H and O–H groups in total. The van der Waals surface area contributed by atoms with E-state index in [1.165, 1.54) is 4.90 Å². The Hall–Kier alpha value is -1.04. The summed E-state index contributed by atoms with van der Waals surface area (Å²) in [4.78, 5) is 35.2. The highest BCUT2D eigenvalue weighted by molar-refractivity contribution is 8.01. The molecule has 0 aromatic rings. The largest absolute Gasteiger partial charge is 0.480 e. The van der Waals surface area contributed by atoms with Gasteiger partial charge in [0, 0.05) is 13.0 Å². The maximum absolute atomic E-state index is 11.7. The van der Waals surface area contributed by atoms with Gasteiger partial charge in [0.2, 0.25) is 11.8 Å². The number of rotatable bonds is 5. The number of carbonyl (C=O) groups is 3. The highest BCUT2D eigenvalue weighted by Gasteiger charge is 2.29. The SMILES string of the molecule is CC(C)C(SCC(=O)N1CCCC1=O)C(=O)O. The first-order valence-electron chi connectivity index (χ1n) is 5.61. The van der Waals surface area contributed by atoms with Crippen molar-refractivity contribution in [3.05, 3.63) is 0 Å². The third-order valence-corrected chi connectivity index (χ3v) is 4.13. The molecule has 5 nitrogen and oxygen atoms in total. The lowest BCUT2D eigenvalue weighted by molar-refractivity contribution is -0.140. The Kier molecular flexibility index (Phi) is 4.99. The van der Waals surface area contributed by atoms with Crippen molar-refractivity contribution in [2.45, 2.75) is 31.9 Å². The molecule has 0 saturated carbocycles. The zero-order valence-corrected chi connectivity index (χ0v) is 10.8. The molecule has 2 amide bonds. The Labute approximate surface area is 105 Å². The van der Waals surface area contributed by atoms with Crippen LogP contribution in [0.1, 0.15) is 26.7 Å². The molecule has 1 rings (SSSR count). The van der Waals surface area contributed by atoms with E-state index in [-0.39, 0.29) is 23.5 Å². The van der Waals surface area contributed by atoms with Crippen LogP contribution in [0.2, 0.25) is 0 Å². The van der Waals surface area contributed by atoms with Crippen LogP contribution in [0.3, 0.4) is 0 Å². The molecule has 17 heavy (non-hydrogen) atoms. The summed E-state index contributed by atoms with van der Waals surface area (Å²) in [5.74, 6) is -1.32. The summed E-state index contributed by atoms with van der Waals surface area (Å²) < 4.78 is 0. The Balaban J connectivity index is 2.46. The van der Waals surface area contributed by atoms with E-state index in [4.69, 9.17) is 5.11 Å². The molecule has 0 spiro atoms. The molecular weight excluding hydrogens is 242 g/mol. The minimum absolute atomic E-state index is 0.0421. The number of nitrogens with zero attached hydrogens (tertiary/aromatic N) is 1. The first-order chi connectivity index (χ1) is 7.93. The number of hydrogen-bond acceptors (Lipinski definition) is 4. The summed E-state index contributed by atoms with van der Waals surface area (Å²) in [5, 5.41) is 8.36. The number of aliphatic carboxylic acids is 1. The highest BCUT2D eigenvalue weighted by Crippen LogP contribution is 2.21. The number of carboxylic acid groups (broad SMARTS) is 1. The van der Waals surface area contributed by atoms with Gasteiger partial charge in [0.25, 0.3) is 0 Å². The highest BCUT2D eigenvalue weighted by atomic mass is 32.2. The molecule has 0 aromatic heterocycles. The maximum atomic E-state index is 11.7. The molecule has 6 heteroatoms. The number of amides is 2. The topological polar surface area (TPSA) is 74.7 Å². The third kappa shape index (κ3) is 3.73. The van der Waals surface area contributed by atoms with E-state index in [0.717, 1.165) is 11.8 Å². The van der Waals surface area contributed by atoms with E-state index in [1.807, 2.05) is 0 Å². The van der Waals surface area contributed by atoms with E-state index >= 15 is 0 Å². The van der Waals surface area contributed by atoms with Gasteiger partial charge in [-0.25, -0.2) is 0 Å². The summed E-state index contributed by atoms with van der Waals surface area (Å²) in [6.45, 7) is 4.08. The van der Waals surface area contributed by atoms with E-state index < -0.39 is 11.2 Å². The van der Waals surface area contributed by atoms with Gasteiger partial charge >= 0.3 is 5.97 Å². The fourth-order valence-electron chi connectivity index (χ4n) is 1.70. The van der Waals surface area contributed by atoms with Crippen LogP contribution < -0.4 is 0 Å². The second-order valence-corrected chi connectivity index (χ2v) is 5.49. The van der Waals surface area contributed by atoms with Crippen LogP contribution >= 0.6 is 11.8 Å². The number of carboxylic acids is 1. The Bertz CT molecular complexity index is 329. The van der Waals surface area contributed by atoms with Gasteiger partial charge in [-0.3, -0.25) is 19.3 Å². The minimum atomic E-state index is -0.912. The lowest BCUT2D eigenvalue weighted by atomic mass is 10.1. The summed E-state index contributed by atoms with van der Waals surface area (Å²) in [6.07, 6.45) is 1.13. The molecule has 0 aromatic carbocycles. The second kappa shape index (κ2) is 6.05. The number of imide groups is 1. The molecule has 0 radical (unpaired) electrons. The van der Waals surface area contributed by atoms with Crippen LogP contribution in [0.25, 0.3) is 0 Å². The average molecular weight is 259 g/mol. The van der Waals surface area contributed by atoms with Gasteiger partial charge in [0.15, 0.2) is 0 Å². The number of thioether (sulfide) groups is 1. The fraction of sp³-hybridized carbons (Fsp3) is 0.727. The standard InChI is InChI=1S/C11H17NO4S/c1-7(2)10(11(15)16)17-6-9(14)12-5-3-4-8(12)13/h7,10H,3-6H2,1-2H3,(H,15,16). The van der Waals surface area contributed by atoms with Crippen LogP contribution in [-0.2, 0) is 14.4 Å². The molecule has 1 heterocycles. The second-order valence-electron chi connectivity index (χ2n) is 4.36. The van der Waals surface area contributed by atoms with Crippen molar-refractivity contribution in [2.24, 2.45) is 5.92 Å². The third-order valence-electron chi connectivity index (χ3n) is 2.61. The average Bonchev–Trinajstić information content (AvgIpc) is 2.63. The van der Waals surface area contributed by atoms with E-state index in [1.54, 1.807) is 13.8 Å². The molecule has 1 saturated heterocycles. The van der Waals surface area contributed by atoms with Crippen LogP contribution in [0.4, 0.5) is 0 Å². The molecule has 1 fully saturated rings. The van der Waals surface area contributed by atoms with E-state index in [9.17, 15) is 14.4 Å². The van der Waals surface area contributed by atoms with E-state index in [0.29, 0.717) is 19.4 Å². The summed E-state index contributed by atoms with van der Waals surface area (Å²) in [6, 6.07) is 0. The number of likely N-dealkylation sites (tertiary alicyclic amines) is 1. The molecule has 96 valence electrons. The smallest absolute Gasteiger partial charge is 0.316 e. The van der Waals surface area contributed by atoms with Gasteiger partial charge in [-0.2, -0.15) is 0 Å². The number of hydrogen-bond donors (Lipinski definition) is 1. The van der Waals surface area contributed by atoms with Crippen molar-refractivity contribution in [2.75, 3.05) is 12.3 Å². The Morgan fingerprint density at radius 1 is 1.47 bits per heavy atom. The maximum Gasteiger partial charge on any atom is 0.316 e. The summed E-state index contributed by atoms with van der Waals surface area (Å²) in [7, 11) is 0. The lowest BCUT2D eigenvalue weighted by Crippen LogP contribution is -2.34. The van der Waals surface area contributed by atoms with Crippen molar-refractivity contribution in [3.8, 4) is 0 Å². The van der Waals surface area contributed by atoms with Crippen molar-refractivity contribution in [1.29, 1.82) is 0 Å². The molecule has 1 atom stereocenters. The Morgan fingerprint density at radius 3 is 2.53 bits per heavy atom. The van der Waals surface area contributed by atoms with Gasteiger partial charge in [0.1, 0.15) is 5.25 Å². The van der Waals surface area contributed by atoms with Crippen LogP contribution in [0, 0.1) is 5.92 Å². The van der Waals surface area contributed by atoms with Gasteiger partial charge < -0.3 is 5.11 Å². The van der Waals surface area contributed by atoms with Crippen LogP contribution in [0.5, 0.6) is 0 Å². The monoisotopic (exact) mass is 259 g/mol. The Morgan fingerprint density at radius 2 is 2.12 bits per heavy atom. The molecule has 0 bridgehead atoms. The van der Waals surface area contributed by atoms with Crippen molar-refractivity contribution in [1.82, 2.24) is 4.90 Å². The van der Waals surface area contributed by atoms with Gasteiger partial charge in [0.05, 0.1) is 5.75 Å². The zero-order valence-electron chi connectivity index (χ0n) is 10.0. The molecular formula is C11H17NO4S. The molecule has 1 aliphatic rings. The molecule has 0 aliphatic carbocycles. The quantitative estimate of drug-likeness (QED) is 0.796.